The zero-order valence-corrected chi connectivity index (χ0v) is 22.4. The first-order valence-electron chi connectivity index (χ1n) is 13.5. The van der Waals surface area contributed by atoms with Gasteiger partial charge in [0.2, 0.25) is 0 Å². The molecule has 6 rings (SSSR count). The second-order valence-electron chi connectivity index (χ2n) is 10.9. The van der Waals surface area contributed by atoms with Crippen molar-refractivity contribution in [3.05, 3.63) is 71.3 Å². The van der Waals surface area contributed by atoms with Gasteiger partial charge in [0.25, 0.3) is 5.92 Å². The van der Waals surface area contributed by atoms with Crippen LogP contribution in [0.1, 0.15) is 48.7 Å². The van der Waals surface area contributed by atoms with Gasteiger partial charge >= 0.3 is 5.97 Å². The fraction of sp³-hybridized carbons (Fsp3) is 0.414. The van der Waals surface area contributed by atoms with Crippen LogP contribution in [0.3, 0.4) is 0 Å². The second-order valence-corrected chi connectivity index (χ2v) is 10.9. The summed E-state index contributed by atoms with van der Waals surface area (Å²) >= 11 is 0. The lowest BCUT2D eigenvalue weighted by Gasteiger charge is -2.40. The van der Waals surface area contributed by atoms with E-state index in [0.717, 1.165) is 12.8 Å². The first-order chi connectivity index (χ1) is 19.6. The van der Waals surface area contributed by atoms with Crippen LogP contribution in [-0.4, -0.2) is 49.4 Å². The van der Waals surface area contributed by atoms with Crippen molar-refractivity contribution in [3.63, 3.8) is 0 Å². The number of carboxylic acid groups (broad SMARTS) is 1. The number of aromatic nitrogens is 4. The maximum absolute atomic E-state index is 15.4. The highest BCUT2D eigenvalue weighted by Crippen LogP contribution is 2.40. The number of benzene rings is 2. The van der Waals surface area contributed by atoms with Crippen LogP contribution >= 0.6 is 0 Å². The van der Waals surface area contributed by atoms with E-state index in [4.69, 9.17) is 4.74 Å². The number of carbonyl (C=O) groups is 1. The van der Waals surface area contributed by atoms with E-state index < -0.39 is 48.5 Å². The van der Waals surface area contributed by atoms with Gasteiger partial charge in [-0.1, -0.05) is 18.9 Å². The Labute approximate surface area is 233 Å². The summed E-state index contributed by atoms with van der Waals surface area (Å²) in [5.74, 6) is -5.59. The van der Waals surface area contributed by atoms with Crippen molar-refractivity contribution in [3.8, 4) is 5.75 Å². The van der Waals surface area contributed by atoms with Crippen LogP contribution in [0, 0.1) is 17.6 Å². The van der Waals surface area contributed by atoms with Crippen LogP contribution in [0.5, 0.6) is 5.75 Å². The molecule has 0 radical (unpaired) electrons. The van der Waals surface area contributed by atoms with Crippen LogP contribution in [-0.2, 0) is 25.0 Å². The zero-order chi connectivity index (χ0) is 28.9. The molecule has 8 nitrogen and oxygen atoms in total. The third-order valence-electron chi connectivity index (χ3n) is 7.96. The molecule has 216 valence electrons. The normalized spacial score (nSPS) is 20.3. The van der Waals surface area contributed by atoms with E-state index in [-0.39, 0.29) is 30.0 Å². The molecule has 1 aliphatic carbocycles. The Hall–Kier alpha value is -4.09. The molecule has 2 aromatic heterocycles. The van der Waals surface area contributed by atoms with Gasteiger partial charge in [-0.2, -0.15) is 5.10 Å². The Balaban J connectivity index is 1.39. The lowest BCUT2D eigenvalue weighted by molar-refractivity contribution is -0.143. The monoisotopic (exact) mass is 571 g/mol. The third-order valence-corrected chi connectivity index (χ3v) is 7.96. The summed E-state index contributed by atoms with van der Waals surface area (Å²) in [7, 11) is 1.77. The van der Waals surface area contributed by atoms with Crippen molar-refractivity contribution in [2.75, 3.05) is 18.0 Å². The van der Waals surface area contributed by atoms with E-state index in [1.54, 1.807) is 40.7 Å². The lowest BCUT2D eigenvalue weighted by atomic mass is 9.78. The van der Waals surface area contributed by atoms with Crippen LogP contribution in [0.2, 0.25) is 0 Å². The molecular weight excluding hydrogens is 542 g/mol. The number of nitrogens with zero attached hydrogens (tertiary/aromatic N) is 5. The Bertz CT molecular complexity index is 1610. The quantitative estimate of drug-likeness (QED) is 0.282. The molecule has 1 saturated heterocycles. The van der Waals surface area contributed by atoms with E-state index in [1.807, 2.05) is 0 Å². The molecule has 2 aliphatic rings. The molecule has 4 aromatic rings. The summed E-state index contributed by atoms with van der Waals surface area (Å²) in [6, 6.07) is 8.93. The van der Waals surface area contributed by atoms with E-state index in [2.05, 4.69) is 10.1 Å². The molecule has 0 spiro atoms. The summed E-state index contributed by atoms with van der Waals surface area (Å²) in [6.07, 6.45) is 4.34. The molecule has 1 aliphatic heterocycles. The van der Waals surface area contributed by atoms with Crippen molar-refractivity contribution in [2.45, 2.75) is 50.7 Å². The van der Waals surface area contributed by atoms with Gasteiger partial charge in [-0.15, -0.1) is 0 Å². The Morgan fingerprint density at radius 2 is 1.88 bits per heavy atom. The largest absolute Gasteiger partial charge is 0.487 e. The van der Waals surface area contributed by atoms with Gasteiger partial charge in [0.1, 0.15) is 29.5 Å². The molecule has 2 aromatic carbocycles. The van der Waals surface area contributed by atoms with Crippen molar-refractivity contribution >= 4 is 22.7 Å². The van der Waals surface area contributed by atoms with Gasteiger partial charge in [-0.25, -0.2) is 22.5 Å². The van der Waals surface area contributed by atoms with E-state index in [0.29, 0.717) is 35.6 Å². The van der Waals surface area contributed by atoms with Crippen molar-refractivity contribution in [2.24, 2.45) is 13.0 Å². The highest BCUT2D eigenvalue weighted by molar-refractivity contribution is 5.79. The number of halogens is 4. The minimum Gasteiger partial charge on any atom is -0.487 e. The number of ether oxygens (including phenoxy) is 1. The number of imidazole rings is 1. The minimum atomic E-state index is -2.79. The maximum Gasteiger partial charge on any atom is 0.307 e. The van der Waals surface area contributed by atoms with Gasteiger partial charge in [-0.3, -0.25) is 9.48 Å². The SMILES string of the molecule is Cn1ccc(COc2cc(F)c3nc([C@@H]4CCCC[C@@H]4C(=O)O)n(Cc4ccc(N5CC(F)(F)C5)cc4F)c3c2)n1. The molecule has 0 amide bonds. The maximum atomic E-state index is 15.4. The number of aryl methyl sites for hydroxylation is 1. The second kappa shape index (κ2) is 10.4. The molecule has 41 heavy (non-hydrogen) atoms. The summed E-state index contributed by atoms with van der Waals surface area (Å²) < 4.78 is 66.6. The first-order valence-corrected chi connectivity index (χ1v) is 13.5. The fourth-order valence-corrected chi connectivity index (χ4v) is 5.87. The number of fused-ring (bicyclic) bond motifs is 1. The smallest absolute Gasteiger partial charge is 0.307 e. The highest BCUT2D eigenvalue weighted by atomic mass is 19.3. The summed E-state index contributed by atoms with van der Waals surface area (Å²) in [5, 5.41) is 14.2. The number of hydrogen-bond donors (Lipinski definition) is 1. The Kier molecular flexibility index (Phi) is 6.87. The van der Waals surface area contributed by atoms with E-state index >= 15 is 8.78 Å². The number of carboxylic acids is 1. The Morgan fingerprint density at radius 3 is 2.56 bits per heavy atom. The number of rotatable bonds is 8. The number of alkyl halides is 2. The standard InChI is InChI=1S/C29H29F4N5O3/c1-36-9-8-18(35-36)14-41-20-11-24(31)26-25(12-20)38(27(34-26)21-4-2-3-5-22(21)28(39)40)13-17-6-7-19(10-23(17)30)37-15-29(32,33)16-37/h6-12,21-22H,2-5,13-16H2,1H3,(H,39,40)/t21-,22+/m1/s1. The highest BCUT2D eigenvalue weighted by Gasteiger charge is 2.44. The first kappa shape index (κ1) is 27.1. The molecule has 3 heterocycles. The molecule has 0 unspecified atom stereocenters. The van der Waals surface area contributed by atoms with Crippen molar-refractivity contribution in [1.82, 2.24) is 19.3 Å². The van der Waals surface area contributed by atoms with Gasteiger partial charge in [0.15, 0.2) is 5.82 Å². The van der Waals surface area contributed by atoms with Crippen LogP contribution < -0.4 is 9.64 Å². The summed E-state index contributed by atoms with van der Waals surface area (Å²) in [4.78, 5) is 18.1. The molecule has 2 atom stereocenters. The van der Waals surface area contributed by atoms with Crippen molar-refractivity contribution < 1.29 is 32.2 Å². The molecular formula is C29H29F4N5O3. The fourth-order valence-electron chi connectivity index (χ4n) is 5.87. The molecule has 0 bridgehead atoms. The molecule has 1 N–H and O–H groups in total. The van der Waals surface area contributed by atoms with Gasteiger partial charge < -0.3 is 19.3 Å². The van der Waals surface area contributed by atoms with Gasteiger partial charge in [-0.05, 0) is 31.0 Å². The van der Waals surface area contributed by atoms with Gasteiger partial charge in [0.05, 0.1) is 36.8 Å². The molecule has 2 fully saturated rings. The average molecular weight is 572 g/mol. The summed E-state index contributed by atoms with van der Waals surface area (Å²) in [5.41, 5.74) is 1.62. The number of anilines is 1. The van der Waals surface area contributed by atoms with Crippen LogP contribution in [0.25, 0.3) is 11.0 Å². The zero-order valence-electron chi connectivity index (χ0n) is 22.4. The molecule has 1 saturated carbocycles. The lowest BCUT2D eigenvalue weighted by Crippen LogP contribution is -2.56. The number of hydrogen-bond acceptors (Lipinski definition) is 5. The van der Waals surface area contributed by atoms with E-state index in [1.165, 1.54) is 23.1 Å². The van der Waals surface area contributed by atoms with Gasteiger partial charge in [0, 0.05) is 42.5 Å². The minimum absolute atomic E-state index is 0.0414. The average Bonchev–Trinajstić information content (AvgIpc) is 3.50. The van der Waals surface area contributed by atoms with E-state index in [9.17, 15) is 18.7 Å². The third kappa shape index (κ3) is 5.34. The topological polar surface area (TPSA) is 85.4 Å². The summed E-state index contributed by atoms with van der Waals surface area (Å²) in [6.45, 7) is -0.899. The molecule has 12 heteroatoms. The van der Waals surface area contributed by atoms with Crippen LogP contribution in [0.4, 0.5) is 23.2 Å². The Morgan fingerprint density at radius 1 is 1.10 bits per heavy atom. The number of aliphatic carboxylic acids is 1. The predicted molar refractivity (Wildman–Crippen MR) is 142 cm³/mol. The van der Waals surface area contributed by atoms with Crippen molar-refractivity contribution in [1.29, 1.82) is 0 Å². The predicted octanol–water partition coefficient (Wildman–Crippen LogP) is 5.49. The van der Waals surface area contributed by atoms with Crippen LogP contribution in [0.15, 0.2) is 42.6 Å².